The van der Waals surface area contributed by atoms with E-state index in [4.69, 9.17) is 10.5 Å². The Kier molecular flexibility index (Phi) is 4.34. The van der Waals surface area contributed by atoms with Crippen LogP contribution in [-0.4, -0.2) is 43.2 Å². The number of aryl methyl sites for hydroxylation is 2. The zero-order valence-corrected chi connectivity index (χ0v) is 11.3. The van der Waals surface area contributed by atoms with Gasteiger partial charge in [0.2, 0.25) is 0 Å². The molecule has 0 radical (unpaired) electrons. The lowest BCUT2D eigenvalue weighted by Crippen LogP contribution is -2.45. The smallest absolute Gasteiger partial charge is 0.252 e. The number of hydrogen-bond donors (Lipinski definition) is 3. The Morgan fingerprint density at radius 3 is 3.05 bits per heavy atom. The van der Waals surface area contributed by atoms with Gasteiger partial charge in [-0.2, -0.15) is 0 Å². The Morgan fingerprint density at radius 2 is 2.42 bits per heavy atom. The quantitative estimate of drug-likeness (QED) is 0.723. The first-order chi connectivity index (χ1) is 9.08. The Morgan fingerprint density at radius 1 is 1.63 bits per heavy atom. The van der Waals surface area contributed by atoms with Crippen LogP contribution in [0.5, 0.6) is 0 Å². The summed E-state index contributed by atoms with van der Waals surface area (Å²) in [7, 11) is 0. The molecule has 6 nitrogen and oxygen atoms in total. The van der Waals surface area contributed by atoms with Crippen molar-refractivity contribution in [3.8, 4) is 0 Å². The van der Waals surface area contributed by atoms with Crippen LogP contribution in [-0.2, 0) is 4.74 Å². The summed E-state index contributed by atoms with van der Waals surface area (Å²) in [5.74, 6) is -0.458. The van der Waals surface area contributed by atoms with Crippen LogP contribution in [0.25, 0.3) is 0 Å². The number of morpholine rings is 1. The highest BCUT2D eigenvalue weighted by Crippen LogP contribution is 2.19. The normalized spacial score (nSPS) is 19.2. The van der Waals surface area contributed by atoms with Crippen molar-refractivity contribution in [2.24, 2.45) is 5.73 Å². The number of nitrogens with one attached hydrogen (secondary N) is 2. The summed E-state index contributed by atoms with van der Waals surface area (Å²) in [6.07, 6.45) is 0. The monoisotopic (exact) mass is 264 g/mol. The summed E-state index contributed by atoms with van der Waals surface area (Å²) in [4.78, 5) is 15.8. The third-order valence-corrected chi connectivity index (χ3v) is 3.11. The number of hydrogen-bond acceptors (Lipinski definition) is 5. The van der Waals surface area contributed by atoms with E-state index < -0.39 is 5.91 Å². The number of nitrogens with zero attached hydrogens (tertiary/aromatic N) is 1. The van der Waals surface area contributed by atoms with Gasteiger partial charge >= 0.3 is 0 Å². The van der Waals surface area contributed by atoms with Crippen LogP contribution < -0.4 is 16.4 Å². The molecule has 104 valence electrons. The number of primary amides is 1. The van der Waals surface area contributed by atoms with E-state index in [9.17, 15) is 4.79 Å². The molecule has 0 saturated carbocycles. The standard InChI is InChI=1S/C13H20N4O2/c1-8-5-11(12(13(14)18)9(2)17-8)16-6-10-7-19-4-3-15-10/h5,10,15H,3-4,6-7H2,1-2H3,(H2,14,18)(H,16,17). The predicted molar refractivity (Wildman–Crippen MR) is 73.3 cm³/mol. The number of pyridine rings is 1. The Bertz CT molecular complexity index is 470. The second-order valence-electron chi connectivity index (χ2n) is 4.74. The number of nitrogens with two attached hydrogens (primary N) is 1. The fourth-order valence-electron chi connectivity index (χ4n) is 2.26. The molecule has 1 aromatic heterocycles. The van der Waals surface area contributed by atoms with E-state index in [0.29, 0.717) is 24.4 Å². The van der Waals surface area contributed by atoms with Crippen LogP contribution >= 0.6 is 0 Å². The molecule has 1 saturated heterocycles. The van der Waals surface area contributed by atoms with E-state index in [1.54, 1.807) is 6.92 Å². The van der Waals surface area contributed by atoms with Crippen LogP contribution in [0.4, 0.5) is 5.69 Å². The fourth-order valence-corrected chi connectivity index (χ4v) is 2.26. The van der Waals surface area contributed by atoms with Crippen LogP contribution in [0.2, 0.25) is 0 Å². The van der Waals surface area contributed by atoms with Gasteiger partial charge in [-0.3, -0.25) is 9.78 Å². The molecule has 2 rings (SSSR count). The highest BCUT2D eigenvalue weighted by atomic mass is 16.5. The summed E-state index contributed by atoms with van der Waals surface area (Å²) in [5.41, 5.74) is 8.13. The first-order valence-electron chi connectivity index (χ1n) is 6.41. The molecule has 1 amide bonds. The SMILES string of the molecule is Cc1cc(NCC2COCCN2)c(C(N)=O)c(C)n1. The maximum atomic E-state index is 11.5. The maximum Gasteiger partial charge on any atom is 0.252 e. The zero-order chi connectivity index (χ0) is 13.8. The largest absolute Gasteiger partial charge is 0.383 e. The predicted octanol–water partition coefficient (Wildman–Crippen LogP) is 0.198. The van der Waals surface area contributed by atoms with Crippen LogP contribution in [0, 0.1) is 13.8 Å². The lowest BCUT2D eigenvalue weighted by atomic mass is 10.1. The molecule has 1 aromatic rings. The molecule has 0 spiro atoms. The lowest BCUT2D eigenvalue weighted by molar-refractivity contribution is 0.0806. The highest BCUT2D eigenvalue weighted by Gasteiger charge is 2.16. The molecule has 0 aliphatic carbocycles. The fraction of sp³-hybridized carbons (Fsp3) is 0.538. The van der Waals surface area contributed by atoms with Crippen LogP contribution in [0.3, 0.4) is 0 Å². The first-order valence-corrected chi connectivity index (χ1v) is 6.41. The molecule has 4 N–H and O–H groups in total. The minimum Gasteiger partial charge on any atom is -0.383 e. The molecule has 0 aromatic carbocycles. The van der Waals surface area contributed by atoms with Gasteiger partial charge < -0.3 is 21.1 Å². The van der Waals surface area contributed by atoms with E-state index in [1.807, 2.05) is 13.0 Å². The van der Waals surface area contributed by atoms with Crippen LogP contribution in [0.15, 0.2) is 6.07 Å². The second kappa shape index (κ2) is 5.99. The number of amides is 1. The summed E-state index contributed by atoms with van der Waals surface area (Å²) < 4.78 is 5.39. The van der Waals surface area contributed by atoms with Gasteiger partial charge in [-0.05, 0) is 19.9 Å². The average molecular weight is 264 g/mol. The second-order valence-corrected chi connectivity index (χ2v) is 4.74. The van der Waals surface area contributed by atoms with Crippen molar-refractivity contribution in [2.45, 2.75) is 19.9 Å². The molecule has 1 fully saturated rings. The number of aromatic nitrogens is 1. The average Bonchev–Trinajstić information content (AvgIpc) is 2.36. The molecule has 1 atom stereocenters. The van der Waals surface area contributed by atoms with Crippen molar-refractivity contribution in [1.82, 2.24) is 10.3 Å². The Balaban J connectivity index is 2.12. The highest BCUT2D eigenvalue weighted by molar-refractivity contribution is 5.99. The van der Waals surface area contributed by atoms with Gasteiger partial charge in [0.25, 0.3) is 5.91 Å². The van der Waals surface area contributed by atoms with Gasteiger partial charge in [0.1, 0.15) is 0 Å². The number of rotatable bonds is 4. The topological polar surface area (TPSA) is 89.3 Å². The Labute approximate surface area is 112 Å². The molecule has 19 heavy (non-hydrogen) atoms. The Hall–Kier alpha value is -1.66. The van der Waals surface area contributed by atoms with E-state index >= 15 is 0 Å². The summed E-state index contributed by atoms with van der Waals surface area (Å²) in [5, 5.41) is 6.61. The van der Waals surface area contributed by atoms with E-state index in [-0.39, 0.29) is 6.04 Å². The summed E-state index contributed by atoms with van der Waals surface area (Å²) >= 11 is 0. The molecule has 0 bridgehead atoms. The summed E-state index contributed by atoms with van der Waals surface area (Å²) in [6, 6.07) is 2.08. The number of ether oxygens (including phenoxy) is 1. The van der Waals surface area contributed by atoms with Crippen LogP contribution in [0.1, 0.15) is 21.7 Å². The number of carbonyl (C=O) groups is 1. The summed E-state index contributed by atoms with van der Waals surface area (Å²) in [6.45, 7) is 6.64. The molecule has 1 unspecified atom stereocenters. The lowest BCUT2D eigenvalue weighted by Gasteiger charge is -2.25. The van der Waals surface area contributed by atoms with Crippen molar-refractivity contribution in [3.63, 3.8) is 0 Å². The minimum absolute atomic E-state index is 0.239. The molecular formula is C13H20N4O2. The van der Waals surface area contributed by atoms with E-state index in [2.05, 4.69) is 15.6 Å². The van der Waals surface area contributed by atoms with E-state index in [0.717, 1.165) is 24.5 Å². The maximum absolute atomic E-state index is 11.5. The molecule has 1 aliphatic heterocycles. The van der Waals surface area contributed by atoms with Crippen molar-refractivity contribution >= 4 is 11.6 Å². The number of anilines is 1. The van der Waals surface area contributed by atoms with E-state index in [1.165, 1.54) is 0 Å². The van der Waals surface area contributed by atoms with Gasteiger partial charge in [-0.25, -0.2) is 0 Å². The van der Waals surface area contributed by atoms with Crippen molar-refractivity contribution in [3.05, 3.63) is 23.0 Å². The van der Waals surface area contributed by atoms with Gasteiger partial charge in [0.15, 0.2) is 0 Å². The van der Waals surface area contributed by atoms with Gasteiger partial charge in [0, 0.05) is 24.8 Å². The third-order valence-electron chi connectivity index (χ3n) is 3.11. The van der Waals surface area contributed by atoms with Gasteiger partial charge in [-0.1, -0.05) is 0 Å². The van der Waals surface area contributed by atoms with Crippen molar-refractivity contribution in [1.29, 1.82) is 0 Å². The van der Waals surface area contributed by atoms with Gasteiger partial charge in [0.05, 0.1) is 30.2 Å². The van der Waals surface area contributed by atoms with Crippen molar-refractivity contribution in [2.75, 3.05) is 31.6 Å². The molecular weight excluding hydrogens is 244 g/mol. The number of carbonyl (C=O) groups excluding carboxylic acids is 1. The molecule has 2 heterocycles. The third kappa shape index (κ3) is 3.42. The minimum atomic E-state index is -0.458. The molecule has 6 heteroatoms. The first kappa shape index (κ1) is 13.8. The molecule has 1 aliphatic rings. The van der Waals surface area contributed by atoms with Gasteiger partial charge in [-0.15, -0.1) is 0 Å². The zero-order valence-electron chi connectivity index (χ0n) is 11.3. The van der Waals surface area contributed by atoms with Crippen molar-refractivity contribution < 1.29 is 9.53 Å².